The Morgan fingerprint density at radius 3 is 2.75 bits per heavy atom. The second-order valence-electron chi connectivity index (χ2n) is 5.17. The van der Waals surface area contributed by atoms with Crippen LogP contribution in [0, 0.1) is 24.0 Å². The number of nitrogens with zero attached hydrogens (tertiary/aromatic N) is 2. The zero-order valence-corrected chi connectivity index (χ0v) is 13.4. The van der Waals surface area contributed by atoms with Gasteiger partial charge in [0, 0.05) is 6.07 Å². The van der Waals surface area contributed by atoms with Gasteiger partial charge in [0.05, 0.1) is 11.1 Å². The van der Waals surface area contributed by atoms with Crippen LogP contribution in [0.3, 0.4) is 0 Å². The maximum atomic E-state index is 11.7. The van der Waals surface area contributed by atoms with E-state index in [9.17, 15) is 14.9 Å². The molecular formula is C17H17N3O4. The number of amides is 1. The molecule has 7 nitrogen and oxygen atoms in total. The summed E-state index contributed by atoms with van der Waals surface area (Å²) in [5.74, 6) is -0.467. The first-order valence-corrected chi connectivity index (χ1v) is 7.23. The highest BCUT2D eigenvalue weighted by Gasteiger charge is 2.14. The van der Waals surface area contributed by atoms with E-state index >= 15 is 0 Å². The Hall–Kier alpha value is -3.22. The number of nitro groups is 1. The van der Waals surface area contributed by atoms with Crippen LogP contribution in [-0.2, 0) is 4.79 Å². The number of nitro benzene ring substituents is 1. The molecule has 0 saturated carbocycles. The molecule has 7 heteroatoms. The summed E-state index contributed by atoms with van der Waals surface area (Å²) >= 11 is 0. The predicted molar refractivity (Wildman–Crippen MR) is 90.2 cm³/mol. The first-order valence-electron chi connectivity index (χ1n) is 7.23. The molecule has 0 heterocycles. The Morgan fingerprint density at radius 1 is 1.29 bits per heavy atom. The van der Waals surface area contributed by atoms with Crippen molar-refractivity contribution >= 4 is 17.8 Å². The highest BCUT2D eigenvalue weighted by Crippen LogP contribution is 2.25. The van der Waals surface area contributed by atoms with Crippen LogP contribution in [0.4, 0.5) is 5.69 Å². The van der Waals surface area contributed by atoms with Crippen molar-refractivity contribution in [3.63, 3.8) is 0 Å². The van der Waals surface area contributed by atoms with Gasteiger partial charge in [-0.3, -0.25) is 14.9 Å². The fourth-order valence-electron chi connectivity index (χ4n) is 2.05. The zero-order chi connectivity index (χ0) is 17.5. The van der Waals surface area contributed by atoms with Gasteiger partial charge in [-0.2, -0.15) is 5.10 Å². The quantitative estimate of drug-likeness (QED) is 0.501. The van der Waals surface area contributed by atoms with E-state index in [4.69, 9.17) is 4.74 Å². The van der Waals surface area contributed by atoms with Crippen molar-refractivity contribution in [3.8, 4) is 5.75 Å². The third-order valence-electron chi connectivity index (χ3n) is 3.24. The van der Waals surface area contributed by atoms with Crippen LogP contribution in [0.5, 0.6) is 5.75 Å². The molecule has 1 N–H and O–H groups in total. The summed E-state index contributed by atoms with van der Waals surface area (Å²) in [6, 6.07) is 11.7. The molecular weight excluding hydrogens is 310 g/mol. The van der Waals surface area contributed by atoms with Crippen molar-refractivity contribution in [2.75, 3.05) is 6.61 Å². The molecule has 0 spiro atoms. The van der Waals surface area contributed by atoms with Gasteiger partial charge in [0.25, 0.3) is 5.91 Å². The number of hydrogen-bond acceptors (Lipinski definition) is 5. The van der Waals surface area contributed by atoms with Gasteiger partial charge < -0.3 is 4.74 Å². The molecule has 2 rings (SSSR count). The smallest absolute Gasteiger partial charge is 0.310 e. The number of nitrogens with one attached hydrogen (secondary N) is 1. The molecule has 24 heavy (non-hydrogen) atoms. The lowest BCUT2D eigenvalue weighted by atomic mass is 10.1. The number of benzene rings is 2. The van der Waals surface area contributed by atoms with E-state index in [-0.39, 0.29) is 18.0 Å². The minimum atomic E-state index is -0.564. The van der Waals surface area contributed by atoms with Gasteiger partial charge in [-0.1, -0.05) is 35.9 Å². The van der Waals surface area contributed by atoms with Crippen LogP contribution in [0.25, 0.3) is 0 Å². The van der Waals surface area contributed by atoms with Crippen molar-refractivity contribution in [1.82, 2.24) is 5.43 Å². The van der Waals surface area contributed by atoms with Crippen molar-refractivity contribution in [1.29, 1.82) is 0 Å². The van der Waals surface area contributed by atoms with E-state index in [1.165, 1.54) is 24.4 Å². The monoisotopic (exact) mass is 327 g/mol. The van der Waals surface area contributed by atoms with Crippen LogP contribution in [0.15, 0.2) is 47.6 Å². The summed E-state index contributed by atoms with van der Waals surface area (Å²) in [6.07, 6.45) is 1.54. The maximum absolute atomic E-state index is 11.7. The molecule has 0 aliphatic rings. The molecule has 124 valence electrons. The van der Waals surface area contributed by atoms with E-state index < -0.39 is 10.8 Å². The third-order valence-corrected chi connectivity index (χ3v) is 3.24. The fourth-order valence-corrected chi connectivity index (χ4v) is 2.05. The summed E-state index contributed by atoms with van der Waals surface area (Å²) in [6.45, 7) is 3.58. The minimum Gasteiger partial charge on any atom is -0.477 e. The average molecular weight is 327 g/mol. The molecule has 0 fully saturated rings. The Balaban J connectivity index is 1.90. The van der Waals surface area contributed by atoms with Crippen molar-refractivity contribution in [3.05, 3.63) is 69.3 Å². The highest BCUT2D eigenvalue weighted by molar-refractivity contribution is 5.84. The molecule has 0 unspecified atom stereocenters. The van der Waals surface area contributed by atoms with Gasteiger partial charge in [0.15, 0.2) is 12.4 Å². The normalized spacial score (nSPS) is 10.6. The number of rotatable bonds is 6. The summed E-state index contributed by atoms with van der Waals surface area (Å²) in [5, 5.41) is 14.7. The average Bonchev–Trinajstić information content (AvgIpc) is 2.55. The molecule has 2 aromatic rings. The van der Waals surface area contributed by atoms with Gasteiger partial charge in [0.1, 0.15) is 0 Å². The van der Waals surface area contributed by atoms with Crippen molar-refractivity contribution < 1.29 is 14.5 Å². The number of carbonyl (C=O) groups is 1. The summed E-state index contributed by atoms with van der Waals surface area (Å²) in [4.78, 5) is 22.0. The first-order chi connectivity index (χ1) is 11.5. The topological polar surface area (TPSA) is 93.8 Å². The molecule has 0 radical (unpaired) electrons. The Bertz CT molecular complexity index is 787. The molecule has 0 aromatic heterocycles. The summed E-state index contributed by atoms with van der Waals surface area (Å²) in [7, 11) is 0. The maximum Gasteiger partial charge on any atom is 0.310 e. The van der Waals surface area contributed by atoms with E-state index in [2.05, 4.69) is 10.5 Å². The van der Waals surface area contributed by atoms with E-state index in [1.54, 1.807) is 6.07 Å². The van der Waals surface area contributed by atoms with Crippen LogP contribution < -0.4 is 10.2 Å². The molecule has 0 saturated heterocycles. The predicted octanol–water partition coefficient (Wildman–Crippen LogP) is 2.74. The Morgan fingerprint density at radius 2 is 2.04 bits per heavy atom. The molecule has 0 bridgehead atoms. The lowest BCUT2D eigenvalue weighted by molar-refractivity contribution is -0.385. The second kappa shape index (κ2) is 7.87. The fraction of sp³-hybridized carbons (Fsp3) is 0.176. The molecule has 2 aromatic carbocycles. The molecule has 0 aliphatic carbocycles. The number of para-hydroxylation sites is 2. The number of aryl methyl sites for hydroxylation is 2. The van der Waals surface area contributed by atoms with Gasteiger partial charge in [0.2, 0.25) is 0 Å². The van der Waals surface area contributed by atoms with Crippen LogP contribution in [-0.4, -0.2) is 23.7 Å². The lowest BCUT2D eigenvalue weighted by Crippen LogP contribution is -2.24. The second-order valence-corrected chi connectivity index (χ2v) is 5.17. The standard InChI is InChI=1S/C17H17N3O4/c1-12-7-8-14(13(2)9-12)10-18-19-17(21)11-24-16-6-4-3-5-15(16)20(22)23/h3-10H,11H2,1-2H3,(H,19,21)/b18-10+. The van der Waals surface area contributed by atoms with Gasteiger partial charge in [-0.25, -0.2) is 5.43 Å². The number of hydrogen-bond donors (Lipinski definition) is 1. The third kappa shape index (κ3) is 4.64. The van der Waals surface area contributed by atoms with Crippen LogP contribution >= 0.6 is 0 Å². The Labute approximate surface area is 139 Å². The molecule has 1 amide bonds. The van der Waals surface area contributed by atoms with Gasteiger partial charge in [-0.05, 0) is 31.0 Å². The minimum absolute atomic E-state index is 0.0380. The van der Waals surface area contributed by atoms with Crippen LogP contribution in [0.2, 0.25) is 0 Å². The Kier molecular flexibility index (Phi) is 5.62. The summed E-state index contributed by atoms with van der Waals surface area (Å²) < 4.78 is 5.17. The lowest BCUT2D eigenvalue weighted by Gasteiger charge is -2.05. The van der Waals surface area contributed by atoms with Crippen molar-refractivity contribution in [2.45, 2.75) is 13.8 Å². The zero-order valence-electron chi connectivity index (χ0n) is 13.4. The summed E-state index contributed by atoms with van der Waals surface area (Å²) in [5.41, 5.74) is 5.22. The van der Waals surface area contributed by atoms with Crippen molar-refractivity contribution in [2.24, 2.45) is 5.10 Å². The number of hydrazone groups is 1. The number of carbonyl (C=O) groups excluding carboxylic acids is 1. The largest absolute Gasteiger partial charge is 0.477 e. The first kappa shape index (κ1) is 17.1. The molecule has 0 atom stereocenters. The van der Waals surface area contributed by atoms with E-state index in [0.29, 0.717) is 0 Å². The van der Waals surface area contributed by atoms with E-state index in [0.717, 1.165) is 16.7 Å². The van der Waals surface area contributed by atoms with Crippen LogP contribution in [0.1, 0.15) is 16.7 Å². The SMILES string of the molecule is Cc1ccc(/C=N/NC(=O)COc2ccccc2[N+](=O)[O-])c(C)c1. The van der Waals surface area contributed by atoms with Gasteiger partial charge in [-0.15, -0.1) is 0 Å². The van der Waals surface area contributed by atoms with E-state index in [1.807, 2.05) is 32.0 Å². The van der Waals surface area contributed by atoms with Gasteiger partial charge >= 0.3 is 5.69 Å². The molecule has 0 aliphatic heterocycles. The number of ether oxygens (including phenoxy) is 1. The highest BCUT2D eigenvalue weighted by atomic mass is 16.6.